The van der Waals surface area contributed by atoms with Crippen LogP contribution in [-0.2, 0) is 0 Å². The number of hydrogen-bond donors (Lipinski definition) is 1. The van der Waals surface area contributed by atoms with Crippen LogP contribution in [0.1, 0.15) is 5.56 Å². The van der Waals surface area contributed by atoms with Crippen molar-refractivity contribution in [1.29, 1.82) is 5.26 Å². The molecule has 2 heteroatoms. The number of nitriles is 1. The predicted molar refractivity (Wildman–Crippen MR) is 93.3 cm³/mol. The van der Waals surface area contributed by atoms with Gasteiger partial charge in [-0.15, -0.1) is 0 Å². The zero-order chi connectivity index (χ0) is 15.8. The summed E-state index contributed by atoms with van der Waals surface area (Å²) >= 11 is 0. The van der Waals surface area contributed by atoms with Crippen LogP contribution in [-0.4, -0.2) is 5.11 Å². The highest BCUT2D eigenvalue weighted by atomic mass is 16.3. The first-order valence-corrected chi connectivity index (χ1v) is 7.42. The second-order valence-electron chi connectivity index (χ2n) is 5.50. The van der Waals surface area contributed by atoms with Crippen LogP contribution in [0.15, 0.2) is 72.8 Å². The number of phenolic OH excluding ortho intramolecular Hbond substituents is 1. The third kappa shape index (κ3) is 2.03. The van der Waals surface area contributed by atoms with Crippen LogP contribution in [0, 0.1) is 11.3 Å². The highest BCUT2D eigenvalue weighted by Gasteiger charge is 2.16. The summed E-state index contributed by atoms with van der Waals surface area (Å²) in [5.74, 6) is 0.191. The second kappa shape index (κ2) is 5.15. The Morgan fingerprint density at radius 2 is 1.22 bits per heavy atom. The Morgan fingerprint density at radius 3 is 1.87 bits per heavy atom. The molecule has 0 bridgehead atoms. The molecule has 1 N–H and O–H groups in total. The largest absolute Gasteiger partial charge is 0.507 e. The Balaban J connectivity index is 2.24. The number of nitrogens with zero attached hydrogens (tertiary/aromatic N) is 1. The molecule has 0 amide bonds. The molecule has 23 heavy (non-hydrogen) atoms. The van der Waals surface area contributed by atoms with E-state index in [1.165, 1.54) is 0 Å². The molecule has 0 saturated heterocycles. The van der Waals surface area contributed by atoms with Gasteiger partial charge in [0.2, 0.25) is 0 Å². The first kappa shape index (κ1) is 13.4. The molecule has 0 aliphatic carbocycles. The number of phenols is 1. The first-order valence-electron chi connectivity index (χ1n) is 7.42. The van der Waals surface area contributed by atoms with Crippen molar-refractivity contribution in [2.24, 2.45) is 0 Å². The van der Waals surface area contributed by atoms with E-state index < -0.39 is 0 Å². The van der Waals surface area contributed by atoms with Gasteiger partial charge in [-0.2, -0.15) is 5.26 Å². The lowest BCUT2D eigenvalue weighted by Gasteiger charge is -2.14. The van der Waals surface area contributed by atoms with E-state index in [-0.39, 0.29) is 5.75 Å². The molecule has 4 aromatic rings. The van der Waals surface area contributed by atoms with E-state index in [9.17, 15) is 10.4 Å². The topological polar surface area (TPSA) is 44.0 Å². The smallest absolute Gasteiger partial charge is 0.124 e. The van der Waals surface area contributed by atoms with Crippen molar-refractivity contribution in [3.05, 3.63) is 78.4 Å². The maximum Gasteiger partial charge on any atom is 0.124 e. The third-order valence-electron chi connectivity index (χ3n) is 4.21. The molecule has 0 aromatic heterocycles. The zero-order valence-corrected chi connectivity index (χ0v) is 12.3. The van der Waals surface area contributed by atoms with Crippen LogP contribution in [0.3, 0.4) is 0 Å². The number of aromatic hydroxyl groups is 1. The number of rotatable bonds is 1. The minimum absolute atomic E-state index is 0.191. The minimum Gasteiger partial charge on any atom is -0.507 e. The summed E-state index contributed by atoms with van der Waals surface area (Å²) in [5.41, 5.74) is 2.08. The van der Waals surface area contributed by atoms with Gasteiger partial charge in [0.05, 0.1) is 11.6 Å². The van der Waals surface area contributed by atoms with Crippen LogP contribution in [0.4, 0.5) is 0 Å². The lowest BCUT2D eigenvalue weighted by atomic mass is 9.90. The van der Waals surface area contributed by atoms with E-state index in [0.717, 1.165) is 32.7 Å². The summed E-state index contributed by atoms with van der Waals surface area (Å²) in [6, 6.07) is 25.5. The standard InChI is InChI=1S/C21H13NO/c22-13-16-10-9-14-5-1-3-7-17(14)20(16)21-18-8-4-2-6-15(18)11-12-19(21)23/h1-12,23H. The van der Waals surface area contributed by atoms with Crippen LogP contribution < -0.4 is 0 Å². The Hall–Kier alpha value is -3.31. The van der Waals surface area contributed by atoms with E-state index in [2.05, 4.69) is 6.07 Å². The SMILES string of the molecule is N#Cc1ccc2ccccc2c1-c1c(O)ccc2ccccc12. The van der Waals surface area contributed by atoms with Crippen LogP contribution in [0.25, 0.3) is 32.7 Å². The van der Waals surface area contributed by atoms with Crippen molar-refractivity contribution in [1.82, 2.24) is 0 Å². The zero-order valence-electron chi connectivity index (χ0n) is 12.3. The maximum atomic E-state index is 10.5. The summed E-state index contributed by atoms with van der Waals surface area (Å²) < 4.78 is 0. The number of benzene rings is 4. The molecule has 4 rings (SSSR count). The quantitative estimate of drug-likeness (QED) is 0.522. The van der Waals surface area contributed by atoms with Crippen molar-refractivity contribution in [2.75, 3.05) is 0 Å². The van der Waals surface area contributed by atoms with Gasteiger partial charge in [0.25, 0.3) is 0 Å². The molecule has 0 aliphatic rings. The van der Waals surface area contributed by atoms with Gasteiger partial charge in [-0.05, 0) is 33.7 Å². The van der Waals surface area contributed by atoms with Gasteiger partial charge >= 0.3 is 0 Å². The van der Waals surface area contributed by atoms with E-state index in [0.29, 0.717) is 5.56 Å². The van der Waals surface area contributed by atoms with Gasteiger partial charge < -0.3 is 5.11 Å². The van der Waals surface area contributed by atoms with Gasteiger partial charge in [0.1, 0.15) is 5.75 Å². The second-order valence-corrected chi connectivity index (χ2v) is 5.50. The first-order chi connectivity index (χ1) is 11.3. The monoisotopic (exact) mass is 295 g/mol. The van der Waals surface area contributed by atoms with Crippen molar-refractivity contribution >= 4 is 21.5 Å². The Bertz CT molecular complexity index is 1090. The van der Waals surface area contributed by atoms with Crippen molar-refractivity contribution < 1.29 is 5.11 Å². The van der Waals surface area contributed by atoms with Crippen LogP contribution in [0.5, 0.6) is 5.75 Å². The van der Waals surface area contributed by atoms with E-state index in [1.807, 2.05) is 66.7 Å². The number of hydrogen-bond acceptors (Lipinski definition) is 2. The van der Waals surface area contributed by atoms with E-state index in [1.54, 1.807) is 6.07 Å². The van der Waals surface area contributed by atoms with E-state index in [4.69, 9.17) is 0 Å². The molecular formula is C21H13NO. The summed E-state index contributed by atoms with van der Waals surface area (Å²) in [4.78, 5) is 0. The molecule has 108 valence electrons. The van der Waals surface area contributed by atoms with Gasteiger partial charge in [-0.3, -0.25) is 0 Å². The maximum absolute atomic E-state index is 10.5. The molecule has 0 radical (unpaired) electrons. The van der Waals surface area contributed by atoms with Crippen molar-refractivity contribution in [3.63, 3.8) is 0 Å². The predicted octanol–water partition coefficient (Wildman–Crippen LogP) is 5.24. The summed E-state index contributed by atoms with van der Waals surface area (Å²) in [6.07, 6.45) is 0. The van der Waals surface area contributed by atoms with Gasteiger partial charge in [-0.25, -0.2) is 0 Å². The Morgan fingerprint density at radius 1 is 0.652 bits per heavy atom. The molecular weight excluding hydrogens is 282 g/mol. The van der Waals surface area contributed by atoms with Crippen LogP contribution in [0.2, 0.25) is 0 Å². The van der Waals surface area contributed by atoms with Crippen molar-refractivity contribution in [2.45, 2.75) is 0 Å². The molecule has 4 aromatic carbocycles. The fourth-order valence-electron chi connectivity index (χ4n) is 3.16. The lowest BCUT2D eigenvalue weighted by molar-refractivity contribution is 0.478. The number of fused-ring (bicyclic) bond motifs is 2. The molecule has 0 unspecified atom stereocenters. The van der Waals surface area contributed by atoms with Gasteiger partial charge in [0.15, 0.2) is 0 Å². The molecule has 0 saturated carbocycles. The Labute approximate surface area is 133 Å². The summed E-state index contributed by atoms with van der Waals surface area (Å²) in [5, 5.41) is 24.1. The highest BCUT2D eigenvalue weighted by molar-refractivity contribution is 6.09. The molecule has 0 aliphatic heterocycles. The minimum atomic E-state index is 0.191. The third-order valence-corrected chi connectivity index (χ3v) is 4.21. The molecule has 2 nitrogen and oxygen atoms in total. The summed E-state index contributed by atoms with van der Waals surface area (Å²) in [6.45, 7) is 0. The van der Waals surface area contributed by atoms with Crippen LogP contribution >= 0.6 is 0 Å². The highest BCUT2D eigenvalue weighted by Crippen LogP contribution is 2.41. The fraction of sp³-hybridized carbons (Fsp3) is 0. The average molecular weight is 295 g/mol. The molecule has 0 atom stereocenters. The molecule has 0 heterocycles. The Kier molecular flexibility index (Phi) is 2.99. The lowest BCUT2D eigenvalue weighted by Crippen LogP contribution is -1.90. The van der Waals surface area contributed by atoms with Gasteiger partial charge in [0, 0.05) is 11.1 Å². The summed E-state index contributed by atoms with van der Waals surface area (Å²) in [7, 11) is 0. The van der Waals surface area contributed by atoms with Crippen molar-refractivity contribution in [3.8, 4) is 22.9 Å². The average Bonchev–Trinajstić information content (AvgIpc) is 2.61. The molecule has 0 spiro atoms. The fourth-order valence-corrected chi connectivity index (χ4v) is 3.16. The van der Waals surface area contributed by atoms with E-state index >= 15 is 0 Å². The normalized spacial score (nSPS) is 10.7. The molecule has 0 fully saturated rings. The van der Waals surface area contributed by atoms with Gasteiger partial charge in [-0.1, -0.05) is 60.7 Å².